The van der Waals surface area contributed by atoms with Crippen LogP contribution in [0.5, 0.6) is 5.75 Å². The molecule has 1 atom stereocenters. The van der Waals surface area contributed by atoms with Crippen molar-refractivity contribution in [3.63, 3.8) is 0 Å². The standard InChI is InChI=1S/C22H35N3O3/c1-17-6-7-18(2)22(19(17)3)28-16-20(26)14-23-10-12-24(13-11-23)15-21(27)25-8-4-5-9-25/h6-7,20,26H,4-5,8-16H2,1-3H3. The normalized spacial score (nSPS) is 19.8. The van der Waals surface area contributed by atoms with E-state index >= 15 is 0 Å². The van der Waals surface area contributed by atoms with Gasteiger partial charge in [0.25, 0.3) is 0 Å². The van der Waals surface area contributed by atoms with Gasteiger partial charge in [-0.1, -0.05) is 12.1 Å². The number of β-amino-alcohol motifs (C(OH)–C–C–N with tert-alkyl or cyclic N) is 1. The van der Waals surface area contributed by atoms with Crippen LogP contribution in [0.15, 0.2) is 12.1 Å². The molecule has 1 unspecified atom stereocenters. The van der Waals surface area contributed by atoms with E-state index in [-0.39, 0.29) is 5.91 Å². The number of hydrogen-bond acceptors (Lipinski definition) is 5. The quantitative estimate of drug-likeness (QED) is 0.768. The molecule has 0 radical (unpaired) electrons. The van der Waals surface area contributed by atoms with E-state index in [9.17, 15) is 9.90 Å². The molecule has 6 heteroatoms. The van der Waals surface area contributed by atoms with Crippen molar-refractivity contribution in [2.24, 2.45) is 0 Å². The lowest BCUT2D eigenvalue weighted by Crippen LogP contribution is -2.51. The Bertz CT molecular complexity index is 665. The van der Waals surface area contributed by atoms with E-state index in [2.05, 4.69) is 35.8 Å². The van der Waals surface area contributed by atoms with Crippen LogP contribution in [-0.4, -0.2) is 90.8 Å². The zero-order valence-corrected chi connectivity index (χ0v) is 17.6. The predicted molar refractivity (Wildman–Crippen MR) is 111 cm³/mol. The monoisotopic (exact) mass is 389 g/mol. The van der Waals surface area contributed by atoms with Crippen LogP contribution < -0.4 is 4.74 Å². The molecule has 2 aliphatic heterocycles. The molecule has 1 N–H and O–H groups in total. The molecule has 0 aliphatic carbocycles. The average Bonchev–Trinajstić information content (AvgIpc) is 3.21. The number of likely N-dealkylation sites (tertiary alicyclic amines) is 1. The number of amides is 1. The maximum atomic E-state index is 12.3. The van der Waals surface area contributed by atoms with Gasteiger partial charge in [-0.05, 0) is 50.3 Å². The molecule has 1 amide bonds. The Kier molecular flexibility index (Phi) is 7.32. The van der Waals surface area contributed by atoms with E-state index in [1.165, 1.54) is 5.56 Å². The van der Waals surface area contributed by atoms with Crippen LogP contribution in [0, 0.1) is 20.8 Å². The van der Waals surface area contributed by atoms with Crippen LogP contribution in [0.3, 0.4) is 0 Å². The SMILES string of the molecule is Cc1ccc(C)c(OCC(O)CN2CCN(CC(=O)N3CCCC3)CC2)c1C. The Balaban J connectivity index is 1.38. The molecule has 0 bridgehead atoms. The zero-order valence-electron chi connectivity index (χ0n) is 17.6. The molecule has 0 spiro atoms. The highest BCUT2D eigenvalue weighted by Gasteiger charge is 2.24. The van der Waals surface area contributed by atoms with Crippen molar-refractivity contribution in [1.82, 2.24) is 14.7 Å². The topological polar surface area (TPSA) is 56.3 Å². The molecule has 0 aromatic heterocycles. The molecule has 28 heavy (non-hydrogen) atoms. The van der Waals surface area contributed by atoms with Crippen molar-refractivity contribution < 1.29 is 14.6 Å². The molecule has 2 fully saturated rings. The van der Waals surface area contributed by atoms with E-state index in [1.807, 2.05) is 11.8 Å². The second-order valence-corrected chi connectivity index (χ2v) is 8.28. The minimum Gasteiger partial charge on any atom is -0.490 e. The molecule has 156 valence electrons. The summed E-state index contributed by atoms with van der Waals surface area (Å²) in [4.78, 5) is 18.8. The second-order valence-electron chi connectivity index (χ2n) is 8.28. The first-order valence-corrected chi connectivity index (χ1v) is 10.5. The van der Waals surface area contributed by atoms with Crippen molar-refractivity contribution in [3.8, 4) is 5.75 Å². The maximum absolute atomic E-state index is 12.3. The fourth-order valence-corrected chi connectivity index (χ4v) is 4.07. The van der Waals surface area contributed by atoms with Gasteiger partial charge < -0.3 is 14.7 Å². The first-order valence-electron chi connectivity index (χ1n) is 10.5. The largest absolute Gasteiger partial charge is 0.490 e. The van der Waals surface area contributed by atoms with Gasteiger partial charge in [0.15, 0.2) is 0 Å². The van der Waals surface area contributed by atoms with E-state index in [1.54, 1.807) is 0 Å². The molecular formula is C22H35N3O3. The number of nitrogens with zero attached hydrogens (tertiary/aromatic N) is 3. The summed E-state index contributed by atoms with van der Waals surface area (Å²) in [7, 11) is 0. The van der Waals surface area contributed by atoms with E-state index < -0.39 is 6.10 Å². The van der Waals surface area contributed by atoms with Gasteiger partial charge in [-0.2, -0.15) is 0 Å². The molecule has 2 heterocycles. The van der Waals surface area contributed by atoms with E-state index in [0.29, 0.717) is 19.7 Å². The Morgan fingerprint density at radius 2 is 1.61 bits per heavy atom. The number of carbonyl (C=O) groups is 1. The number of carbonyl (C=O) groups excluding carboxylic acids is 1. The van der Waals surface area contributed by atoms with Crippen molar-refractivity contribution in [2.75, 3.05) is 59.0 Å². The highest BCUT2D eigenvalue weighted by molar-refractivity contribution is 5.78. The van der Waals surface area contributed by atoms with Crippen LogP contribution in [-0.2, 0) is 4.79 Å². The fraction of sp³-hybridized carbons (Fsp3) is 0.682. The number of piperazine rings is 1. The summed E-state index contributed by atoms with van der Waals surface area (Å²) in [5, 5.41) is 10.4. The highest BCUT2D eigenvalue weighted by Crippen LogP contribution is 2.25. The van der Waals surface area contributed by atoms with Crippen LogP contribution in [0.2, 0.25) is 0 Å². The molecule has 1 aromatic rings. The molecule has 2 aliphatic rings. The third-order valence-corrected chi connectivity index (χ3v) is 6.05. The summed E-state index contributed by atoms with van der Waals surface area (Å²) in [6, 6.07) is 4.16. The smallest absolute Gasteiger partial charge is 0.236 e. The summed E-state index contributed by atoms with van der Waals surface area (Å²) < 4.78 is 5.95. The first kappa shape index (κ1) is 21.1. The third-order valence-electron chi connectivity index (χ3n) is 6.05. The molecule has 6 nitrogen and oxygen atoms in total. The predicted octanol–water partition coefficient (Wildman–Crippen LogP) is 1.59. The number of aryl methyl sites for hydroxylation is 2. The third kappa shape index (κ3) is 5.46. The lowest BCUT2D eigenvalue weighted by atomic mass is 10.1. The lowest BCUT2D eigenvalue weighted by Gasteiger charge is -2.35. The van der Waals surface area contributed by atoms with Crippen molar-refractivity contribution in [3.05, 3.63) is 28.8 Å². The molecule has 3 rings (SSSR count). The number of aliphatic hydroxyl groups is 1. The van der Waals surface area contributed by atoms with Crippen LogP contribution >= 0.6 is 0 Å². The molecule has 0 saturated carbocycles. The summed E-state index contributed by atoms with van der Waals surface area (Å²) in [6.07, 6.45) is 1.76. The average molecular weight is 390 g/mol. The minimum absolute atomic E-state index is 0.267. The Morgan fingerprint density at radius 3 is 2.29 bits per heavy atom. The van der Waals surface area contributed by atoms with Crippen LogP contribution in [0.1, 0.15) is 29.5 Å². The summed E-state index contributed by atoms with van der Waals surface area (Å²) in [5.41, 5.74) is 3.45. The Labute approximate surface area is 169 Å². The lowest BCUT2D eigenvalue weighted by molar-refractivity contribution is -0.131. The highest BCUT2D eigenvalue weighted by atomic mass is 16.5. The molecule has 2 saturated heterocycles. The van der Waals surface area contributed by atoms with Gasteiger partial charge in [-0.3, -0.25) is 14.6 Å². The van der Waals surface area contributed by atoms with Gasteiger partial charge in [0.05, 0.1) is 6.54 Å². The van der Waals surface area contributed by atoms with Gasteiger partial charge in [0.1, 0.15) is 18.5 Å². The fourth-order valence-electron chi connectivity index (χ4n) is 4.07. The van der Waals surface area contributed by atoms with Gasteiger partial charge in [0, 0.05) is 45.8 Å². The van der Waals surface area contributed by atoms with Crippen molar-refractivity contribution >= 4 is 5.91 Å². The van der Waals surface area contributed by atoms with Gasteiger partial charge in [-0.25, -0.2) is 0 Å². The van der Waals surface area contributed by atoms with Crippen LogP contribution in [0.25, 0.3) is 0 Å². The Morgan fingerprint density at radius 1 is 1.00 bits per heavy atom. The second kappa shape index (κ2) is 9.72. The van der Waals surface area contributed by atoms with Gasteiger partial charge in [0.2, 0.25) is 5.91 Å². The number of benzene rings is 1. The van der Waals surface area contributed by atoms with E-state index in [0.717, 1.165) is 69.0 Å². The number of rotatable bonds is 7. The number of ether oxygens (including phenoxy) is 1. The maximum Gasteiger partial charge on any atom is 0.236 e. The molecule has 1 aromatic carbocycles. The van der Waals surface area contributed by atoms with Crippen LogP contribution in [0.4, 0.5) is 0 Å². The number of aliphatic hydroxyl groups excluding tert-OH is 1. The van der Waals surface area contributed by atoms with Gasteiger partial charge >= 0.3 is 0 Å². The Hall–Kier alpha value is -1.63. The summed E-state index contributed by atoms with van der Waals surface area (Å²) in [5.74, 6) is 1.16. The summed E-state index contributed by atoms with van der Waals surface area (Å²) >= 11 is 0. The van der Waals surface area contributed by atoms with Crippen molar-refractivity contribution in [2.45, 2.75) is 39.7 Å². The number of hydrogen-bond donors (Lipinski definition) is 1. The first-order chi connectivity index (χ1) is 13.4. The van der Waals surface area contributed by atoms with Crippen molar-refractivity contribution in [1.29, 1.82) is 0 Å². The zero-order chi connectivity index (χ0) is 20.1. The molecular weight excluding hydrogens is 354 g/mol. The van der Waals surface area contributed by atoms with E-state index in [4.69, 9.17) is 4.74 Å². The minimum atomic E-state index is -0.517. The van der Waals surface area contributed by atoms with Gasteiger partial charge in [-0.15, -0.1) is 0 Å². The summed E-state index contributed by atoms with van der Waals surface area (Å²) in [6.45, 7) is 13.0.